The van der Waals surface area contributed by atoms with E-state index >= 15 is 0 Å². The monoisotopic (exact) mass is 424 g/mol. The lowest BCUT2D eigenvalue weighted by Gasteiger charge is -2.15. The van der Waals surface area contributed by atoms with Crippen LogP contribution in [0, 0.1) is 6.92 Å². The average Bonchev–Trinajstić information content (AvgIpc) is 2.91. The van der Waals surface area contributed by atoms with Crippen molar-refractivity contribution in [1.29, 1.82) is 0 Å². The molecular weight excluding hydrogens is 411 g/mol. The van der Waals surface area contributed by atoms with Gasteiger partial charge in [-0.05, 0) is 37.6 Å². The third kappa shape index (κ3) is 3.69. The van der Waals surface area contributed by atoms with Gasteiger partial charge in [-0.1, -0.05) is 23.2 Å². The molecule has 27 heavy (non-hydrogen) atoms. The Morgan fingerprint density at radius 1 is 1.26 bits per heavy atom. The Labute approximate surface area is 167 Å². The second-order valence-corrected chi connectivity index (χ2v) is 7.75. The number of fused-ring (bicyclic) bond motifs is 1. The van der Waals surface area contributed by atoms with E-state index in [1.165, 1.54) is 10.9 Å². The number of nitrogens with zero attached hydrogens (tertiary/aromatic N) is 2. The first-order chi connectivity index (χ1) is 12.7. The number of halogens is 2. The van der Waals surface area contributed by atoms with Crippen molar-refractivity contribution in [3.05, 3.63) is 55.4 Å². The Balaban J connectivity index is 1.97. The quantitative estimate of drug-likeness (QED) is 0.668. The third-order valence-corrected chi connectivity index (χ3v) is 5.68. The van der Waals surface area contributed by atoms with Gasteiger partial charge in [-0.3, -0.25) is 19.0 Å². The summed E-state index contributed by atoms with van der Waals surface area (Å²) < 4.78 is 1.20. The Hall–Kier alpha value is -2.42. The first-order valence-electron chi connectivity index (χ1n) is 7.76. The lowest BCUT2D eigenvalue weighted by molar-refractivity contribution is -0.118. The largest absolute Gasteiger partial charge is 0.365 e. The van der Waals surface area contributed by atoms with E-state index in [1.807, 2.05) is 0 Å². The molecule has 0 aliphatic heterocycles. The molecule has 7 nitrogen and oxygen atoms in total. The average molecular weight is 425 g/mol. The van der Waals surface area contributed by atoms with E-state index < -0.39 is 23.4 Å². The fraction of sp³-hybridized carbons (Fsp3) is 0.176. The molecule has 0 aliphatic rings. The summed E-state index contributed by atoms with van der Waals surface area (Å²) >= 11 is 12.9. The van der Waals surface area contributed by atoms with Gasteiger partial charge in [0.05, 0.1) is 16.6 Å². The molecule has 140 valence electrons. The summed E-state index contributed by atoms with van der Waals surface area (Å²) in [6.07, 6.45) is 1.28. The lowest BCUT2D eigenvalue weighted by Crippen LogP contribution is -2.31. The first kappa shape index (κ1) is 19.3. The molecular formula is C17H14Cl2N4O3S. The van der Waals surface area contributed by atoms with Gasteiger partial charge in [0, 0.05) is 15.7 Å². The van der Waals surface area contributed by atoms with Crippen molar-refractivity contribution in [3.8, 4) is 0 Å². The number of thiophene rings is 1. The minimum Gasteiger partial charge on any atom is -0.365 e. The summed E-state index contributed by atoms with van der Waals surface area (Å²) in [6, 6.07) is 3.78. The highest BCUT2D eigenvalue weighted by molar-refractivity contribution is 7.20. The zero-order valence-electron chi connectivity index (χ0n) is 14.2. The molecule has 10 heteroatoms. The summed E-state index contributed by atoms with van der Waals surface area (Å²) in [5, 5.41) is 3.70. The Bertz CT molecular complexity index is 1120. The van der Waals surface area contributed by atoms with Crippen molar-refractivity contribution in [2.24, 2.45) is 5.73 Å². The number of primary amides is 1. The molecule has 0 fully saturated rings. The van der Waals surface area contributed by atoms with Crippen LogP contribution in [0.5, 0.6) is 0 Å². The molecule has 1 aromatic carbocycles. The molecule has 3 N–H and O–H groups in total. The number of hydrogen-bond donors (Lipinski definition) is 2. The highest BCUT2D eigenvalue weighted by atomic mass is 35.5. The van der Waals surface area contributed by atoms with Gasteiger partial charge in [-0.2, -0.15) is 0 Å². The van der Waals surface area contributed by atoms with E-state index in [-0.39, 0.29) is 10.3 Å². The van der Waals surface area contributed by atoms with Crippen LogP contribution >= 0.6 is 34.5 Å². The Kier molecular flexibility index (Phi) is 5.23. The van der Waals surface area contributed by atoms with E-state index in [4.69, 9.17) is 28.9 Å². The Morgan fingerprint density at radius 2 is 1.89 bits per heavy atom. The van der Waals surface area contributed by atoms with Crippen molar-refractivity contribution >= 4 is 62.3 Å². The highest BCUT2D eigenvalue weighted by Crippen LogP contribution is 2.27. The topological polar surface area (TPSA) is 107 Å². The fourth-order valence-corrected chi connectivity index (χ4v) is 4.16. The molecule has 2 amide bonds. The van der Waals surface area contributed by atoms with E-state index in [0.717, 1.165) is 11.3 Å². The van der Waals surface area contributed by atoms with E-state index in [9.17, 15) is 14.4 Å². The normalized spacial score (nSPS) is 12.1. The number of aromatic nitrogens is 2. The molecule has 2 heterocycles. The van der Waals surface area contributed by atoms with Crippen LogP contribution in [0.1, 0.15) is 28.2 Å². The maximum absolute atomic E-state index is 12.8. The SMILES string of the molecule is Cc1c(C(N)=O)sc2ncn([C@H](C)C(=O)Nc3cc(Cl)cc(Cl)c3)c(=O)c12. The van der Waals surface area contributed by atoms with Crippen LogP contribution < -0.4 is 16.6 Å². The van der Waals surface area contributed by atoms with Crippen molar-refractivity contribution in [1.82, 2.24) is 9.55 Å². The molecule has 2 aromatic heterocycles. The molecule has 0 aliphatic carbocycles. The van der Waals surface area contributed by atoms with Crippen LogP contribution in [0.25, 0.3) is 10.2 Å². The van der Waals surface area contributed by atoms with Crippen LogP contribution in [0.15, 0.2) is 29.3 Å². The molecule has 0 saturated carbocycles. The minimum absolute atomic E-state index is 0.276. The van der Waals surface area contributed by atoms with Gasteiger partial charge in [0.1, 0.15) is 10.9 Å². The molecule has 1 atom stereocenters. The van der Waals surface area contributed by atoms with E-state index in [2.05, 4.69) is 10.3 Å². The van der Waals surface area contributed by atoms with Crippen LogP contribution in [0.4, 0.5) is 5.69 Å². The fourth-order valence-electron chi connectivity index (χ4n) is 2.65. The van der Waals surface area contributed by atoms with Crippen LogP contribution in [0.3, 0.4) is 0 Å². The number of benzene rings is 1. The second kappa shape index (κ2) is 7.30. The van der Waals surface area contributed by atoms with Gasteiger partial charge >= 0.3 is 0 Å². The number of carbonyl (C=O) groups is 2. The zero-order chi connectivity index (χ0) is 19.9. The molecule has 3 rings (SSSR count). The second-order valence-electron chi connectivity index (χ2n) is 5.88. The molecule has 0 radical (unpaired) electrons. The summed E-state index contributed by atoms with van der Waals surface area (Å²) in [5.41, 5.74) is 5.78. The highest BCUT2D eigenvalue weighted by Gasteiger charge is 2.22. The van der Waals surface area contributed by atoms with Gasteiger partial charge in [0.2, 0.25) is 5.91 Å². The smallest absolute Gasteiger partial charge is 0.263 e. The van der Waals surface area contributed by atoms with Crippen molar-refractivity contribution in [2.45, 2.75) is 19.9 Å². The van der Waals surface area contributed by atoms with E-state index in [0.29, 0.717) is 26.1 Å². The number of anilines is 1. The summed E-state index contributed by atoms with van der Waals surface area (Å²) in [4.78, 5) is 41.8. The first-order valence-corrected chi connectivity index (χ1v) is 9.33. The van der Waals surface area contributed by atoms with Crippen LogP contribution in [0.2, 0.25) is 10.0 Å². The van der Waals surface area contributed by atoms with Crippen LogP contribution in [-0.2, 0) is 4.79 Å². The van der Waals surface area contributed by atoms with Gasteiger partial charge in [0.15, 0.2) is 0 Å². The zero-order valence-corrected chi connectivity index (χ0v) is 16.6. The summed E-state index contributed by atoms with van der Waals surface area (Å²) in [7, 11) is 0. The van der Waals surface area contributed by atoms with Gasteiger partial charge in [-0.25, -0.2) is 4.98 Å². The molecule has 0 saturated heterocycles. The summed E-state index contributed by atoms with van der Waals surface area (Å²) in [5.74, 6) is -1.07. The maximum Gasteiger partial charge on any atom is 0.263 e. The third-order valence-electron chi connectivity index (χ3n) is 4.03. The number of hydrogen-bond acceptors (Lipinski definition) is 5. The van der Waals surface area contributed by atoms with E-state index in [1.54, 1.807) is 32.0 Å². The van der Waals surface area contributed by atoms with Gasteiger partial charge < -0.3 is 11.1 Å². The Morgan fingerprint density at radius 3 is 2.48 bits per heavy atom. The van der Waals surface area contributed by atoms with Gasteiger partial charge in [-0.15, -0.1) is 11.3 Å². The molecule has 3 aromatic rings. The standard InChI is InChI=1S/C17H14Cl2N4O3S/c1-7-12-16(27-13(7)14(20)24)21-6-23(17(12)26)8(2)15(25)22-11-4-9(18)3-10(19)5-11/h3-6,8H,1-2H3,(H2,20,24)(H,22,25)/t8-/m1/s1. The maximum atomic E-state index is 12.8. The number of amides is 2. The predicted octanol–water partition coefficient (Wildman–Crippen LogP) is 3.37. The van der Waals surface area contributed by atoms with Crippen LogP contribution in [-0.4, -0.2) is 21.4 Å². The number of nitrogens with one attached hydrogen (secondary N) is 1. The summed E-state index contributed by atoms with van der Waals surface area (Å²) in [6.45, 7) is 3.19. The number of aryl methyl sites for hydroxylation is 1. The minimum atomic E-state index is -0.858. The number of rotatable bonds is 4. The number of carbonyl (C=O) groups excluding carboxylic acids is 2. The lowest BCUT2D eigenvalue weighted by atomic mass is 10.2. The molecule has 0 spiro atoms. The van der Waals surface area contributed by atoms with Crippen molar-refractivity contribution in [3.63, 3.8) is 0 Å². The van der Waals surface area contributed by atoms with Gasteiger partial charge in [0.25, 0.3) is 11.5 Å². The van der Waals surface area contributed by atoms with Crippen molar-refractivity contribution in [2.75, 3.05) is 5.32 Å². The molecule has 0 bridgehead atoms. The number of nitrogens with two attached hydrogens (primary N) is 1. The molecule has 0 unspecified atom stereocenters. The predicted molar refractivity (Wildman–Crippen MR) is 107 cm³/mol. The van der Waals surface area contributed by atoms with Crippen molar-refractivity contribution < 1.29 is 9.59 Å².